The molecule has 1 atom stereocenters. The molecule has 1 aliphatic heterocycles. The van der Waals surface area contributed by atoms with Crippen molar-refractivity contribution in [3.63, 3.8) is 0 Å². The quantitative estimate of drug-likeness (QED) is 0.751. The normalized spacial score (nSPS) is 18.4. The molecule has 3 aromatic rings. The minimum absolute atomic E-state index is 0.0566. The van der Waals surface area contributed by atoms with Gasteiger partial charge >= 0.3 is 0 Å². The second kappa shape index (κ2) is 5.62. The molecular weight excluding hydrogens is 314 g/mol. The average Bonchev–Trinajstić information content (AvgIpc) is 3.23. The molecule has 0 spiro atoms. The van der Waals surface area contributed by atoms with Crippen molar-refractivity contribution in [2.45, 2.75) is 18.8 Å². The second-order valence-corrected chi connectivity index (χ2v) is 6.69. The molecule has 0 aliphatic carbocycles. The molecule has 1 unspecified atom stereocenters. The molecule has 0 bridgehead atoms. The topological polar surface area (TPSA) is 95.0 Å². The van der Waals surface area contributed by atoms with Crippen molar-refractivity contribution in [2.24, 2.45) is 0 Å². The summed E-state index contributed by atoms with van der Waals surface area (Å²) < 4.78 is 0.818. The fourth-order valence-corrected chi connectivity index (χ4v) is 3.92. The van der Waals surface area contributed by atoms with Crippen molar-refractivity contribution >= 4 is 27.5 Å². The lowest BCUT2D eigenvalue weighted by molar-refractivity contribution is 0.0705. The summed E-state index contributed by atoms with van der Waals surface area (Å²) in [4.78, 5) is 19.0. The summed E-state index contributed by atoms with van der Waals surface area (Å²) in [6, 6.07) is 4.95. The fourth-order valence-electron chi connectivity index (χ4n) is 2.95. The third-order valence-electron chi connectivity index (χ3n) is 4.12. The van der Waals surface area contributed by atoms with E-state index < -0.39 is 0 Å². The monoisotopic (exact) mass is 329 g/mol. The summed E-state index contributed by atoms with van der Waals surface area (Å²) in [5.74, 6) is 0.341. The van der Waals surface area contributed by atoms with Crippen LogP contribution < -0.4 is 0 Å². The van der Waals surface area contributed by atoms with Gasteiger partial charge in [-0.25, -0.2) is 4.98 Å². The summed E-state index contributed by atoms with van der Waals surface area (Å²) in [6.45, 7) is 1.36. The van der Waals surface area contributed by atoms with Crippen molar-refractivity contribution < 1.29 is 9.90 Å². The molecule has 0 radical (unpaired) electrons. The Hall–Kier alpha value is -2.48. The van der Waals surface area contributed by atoms with Gasteiger partial charge in [0.2, 0.25) is 0 Å². The number of aromatic nitrogens is 4. The smallest absolute Gasteiger partial charge is 0.282 e. The first kappa shape index (κ1) is 14.1. The zero-order chi connectivity index (χ0) is 15.8. The summed E-state index contributed by atoms with van der Waals surface area (Å²) in [5.41, 5.74) is 1.64. The van der Waals surface area contributed by atoms with Gasteiger partial charge in [-0.3, -0.25) is 4.79 Å². The standard InChI is InChI=1S/C15H15N5O2S/c21-10-3-4-11-13(6-10)23-14(17-11)15(22)20-5-1-2-9(8-20)12-7-16-19-18-12/h3-4,6-7,9,21H,1-2,5,8H2,(H,16,18,19). The highest BCUT2D eigenvalue weighted by molar-refractivity contribution is 7.20. The van der Waals surface area contributed by atoms with Crippen molar-refractivity contribution in [1.29, 1.82) is 0 Å². The number of phenolic OH excluding ortho intramolecular Hbond substituents is 1. The molecule has 23 heavy (non-hydrogen) atoms. The van der Waals surface area contributed by atoms with Gasteiger partial charge in [-0.15, -0.1) is 11.3 Å². The number of nitrogens with zero attached hydrogens (tertiary/aromatic N) is 4. The van der Waals surface area contributed by atoms with Gasteiger partial charge in [0.05, 0.1) is 22.1 Å². The predicted octanol–water partition coefficient (Wildman–Crippen LogP) is 2.14. The number of nitrogens with one attached hydrogen (secondary N) is 1. The Morgan fingerprint density at radius 3 is 3.17 bits per heavy atom. The zero-order valence-corrected chi connectivity index (χ0v) is 13.1. The maximum atomic E-state index is 12.7. The predicted molar refractivity (Wildman–Crippen MR) is 85.5 cm³/mol. The lowest BCUT2D eigenvalue weighted by Gasteiger charge is -2.31. The van der Waals surface area contributed by atoms with E-state index >= 15 is 0 Å². The number of carbonyl (C=O) groups is 1. The zero-order valence-electron chi connectivity index (χ0n) is 12.3. The molecule has 2 aromatic heterocycles. The molecule has 1 aliphatic rings. The van der Waals surface area contributed by atoms with E-state index in [9.17, 15) is 9.90 Å². The lowest BCUT2D eigenvalue weighted by Crippen LogP contribution is -2.39. The van der Waals surface area contributed by atoms with Gasteiger partial charge in [0.1, 0.15) is 5.75 Å². The number of piperidine rings is 1. The van der Waals surface area contributed by atoms with Crippen LogP contribution in [-0.2, 0) is 0 Å². The van der Waals surface area contributed by atoms with Crippen LogP contribution in [0.15, 0.2) is 24.4 Å². The molecule has 118 valence electrons. The third-order valence-corrected chi connectivity index (χ3v) is 5.12. The van der Waals surface area contributed by atoms with E-state index in [2.05, 4.69) is 20.4 Å². The minimum Gasteiger partial charge on any atom is -0.508 e. The summed E-state index contributed by atoms with van der Waals surface area (Å²) in [5, 5.41) is 20.6. The van der Waals surface area contributed by atoms with Crippen molar-refractivity contribution in [2.75, 3.05) is 13.1 Å². The van der Waals surface area contributed by atoms with E-state index in [-0.39, 0.29) is 17.6 Å². The largest absolute Gasteiger partial charge is 0.508 e. The van der Waals surface area contributed by atoms with Crippen LogP contribution in [0.25, 0.3) is 10.2 Å². The van der Waals surface area contributed by atoms with Crippen molar-refractivity contribution in [3.05, 3.63) is 35.1 Å². The number of hydrogen-bond acceptors (Lipinski definition) is 6. The van der Waals surface area contributed by atoms with Crippen LogP contribution in [0.2, 0.25) is 0 Å². The first-order valence-electron chi connectivity index (χ1n) is 7.45. The maximum absolute atomic E-state index is 12.7. The molecule has 1 aromatic carbocycles. The van der Waals surface area contributed by atoms with E-state index in [1.54, 1.807) is 24.4 Å². The van der Waals surface area contributed by atoms with Gasteiger partial charge in [-0.2, -0.15) is 15.4 Å². The van der Waals surface area contributed by atoms with E-state index in [0.717, 1.165) is 35.3 Å². The number of aromatic hydroxyl groups is 1. The number of thiazole rings is 1. The second-order valence-electron chi connectivity index (χ2n) is 5.66. The van der Waals surface area contributed by atoms with Crippen LogP contribution in [0.5, 0.6) is 5.75 Å². The Morgan fingerprint density at radius 1 is 1.43 bits per heavy atom. The molecule has 1 saturated heterocycles. The van der Waals surface area contributed by atoms with Crippen LogP contribution in [0.4, 0.5) is 0 Å². The van der Waals surface area contributed by atoms with Crippen molar-refractivity contribution in [1.82, 2.24) is 25.3 Å². The van der Waals surface area contributed by atoms with Crippen LogP contribution >= 0.6 is 11.3 Å². The number of phenols is 1. The van der Waals surface area contributed by atoms with Gasteiger partial charge in [-0.1, -0.05) is 0 Å². The van der Waals surface area contributed by atoms with Crippen LogP contribution in [-0.4, -0.2) is 49.4 Å². The number of aromatic amines is 1. The Kier molecular flexibility index (Phi) is 3.45. The lowest BCUT2D eigenvalue weighted by atomic mass is 9.95. The van der Waals surface area contributed by atoms with Crippen LogP contribution in [0, 0.1) is 0 Å². The average molecular weight is 329 g/mol. The summed E-state index contributed by atoms with van der Waals surface area (Å²) in [7, 11) is 0. The van der Waals surface area contributed by atoms with E-state index in [0.29, 0.717) is 11.6 Å². The Balaban J connectivity index is 1.57. The summed E-state index contributed by atoms with van der Waals surface area (Å²) >= 11 is 1.32. The first-order chi connectivity index (χ1) is 11.2. The molecule has 2 N–H and O–H groups in total. The minimum atomic E-state index is -0.0566. The van der Waals surface area contributed by atoms with Gasteiger partial charge in [-0.05, 0) is 31.0 Å². The number of carbonyl (C=O) groups excluding carboxylic acids is 1. The molecule has 1 amide bonds. The molecule has 0 saturated carbocycles. The molecular formula is C15H15N5O2S. The molecule has 3 heterocycles. The number of benzene rings is 1. The SMILES string of the molecule is O=C(c1nc2ccc(O)cc2s1)N1CCCC(c2cn[nH]n2)C1. The number of likely N-dealkylation sites (tertiary alicyclic amines) is 1. The summed E-state index contributed by atoms with van der Waals surface area (Å²) in [6.07, 6.45) is 3.66. The number of hydrogen-bond donors (Lipinski definition) is 2. The first-order valence-corrected chi connectivity index (χ1v) is 8.27. The highest BCUT2D eigenvalue weighted by Crippen LogP contribution is 2.29. The molecule has 4 rings (SSSR count). The van der Waals surface area contributed by atoms with Gasteiger partial charge in [0.15, 0.2) is 5.01 Å². The Bertz CT molecular complexity index is 845. The Labute approximate surface area is 136 Å². The van der Waals surface area contributed by atoms with E-state index in [4.69, 9.17) is 0 Å². The van der Waals surface area contributed by atoms with Gasteiger partial charge in [0.25, 0.3) is 5.91 Å². The Morgan fingerprint density at radius 2 is 2.35 bits per heavy atom. The third kappa shape index (κ3) is 2.65. The number of rotatable bonds is 2. The highest BCUT2D eigenvalue weighted by atomic mass is 32.1. The molecule has 1 fully saturated rings. The van der Waals surface area contributed by atoms with E-state index in [1.165, 1.54) is 11.3 Å². The number of H-pyrrole nitrogens is 1. The van der Waals surface area contributed by atoms with Crippen LogP contribution in [0.3, 0.4) is 0 Å². The van der Waals surface area contributed by atoms with E-state index in [1.807, 2.05) is 4.90 Å². The van der Waals surface area contributed by atoms with Gasteiger partial charge < -0.3 is 10.0 Å². The molecule has 7 nitrogen and oxygen atoms in total. The highest BCUT2D eigenvalue weighted by Gasteiger charge is 2.28. The maximum Gasteiger partial charge on any atom is 0.282 e. The number of amides is 1. The van der Waals surface area contributed by atoms with Crippen LogP contribution in [0.1, 0.15) is 34.3 Å². The molecule has 8 heteroatoms. The fraction of sp³-hybridized carbons (Fsp3) is 0.333. The van der Waals surface area contributed by atoms with Crippen molar-refractivity contribution in [3.8, 4) is 5.75 Å². The number of fused-ring (bicyclic) bond motifs is 1. The van der Waals surface area contributed by atoms with Gasteiger partial charge in [0, 0.05) is 19.0 Å².